The summed E-state index contributed by atoms with van der Waals surface area (Å²) in [7, 11) is -2.62. The molecule has 93 heavy (non-hydrogen) atoms. The third kappa shape index (κ3) is 31.9. The number of carboxylic acids is 4. The van der Waals surface area contributed by atoms with E-state index >= 15 is 0 Å². The molecule has 0 saturated heterocycles. The van der Waals surface area contributed by atoms with Crippen molar-refractivity contribution < 1.29 is 95.1 Å². The first-order valence-electron chi connectivity index (χ1n) is 31.3. The number of aryl methyl sites for hydroxylation is 4. The molecule has 0 aliphatic carbocycles. The molecule has 4 aromatic carbocycles. The third-order valence-corrected chi connectivity index (χ3v) is 15.0. The largest absolute Gasteiger partial charge is 0.507 e. The fraction of sp³-hybridized carbons (Fsp3) is 0.616. The second-order valence-corrected chi connectivity index (χ2v) is 32.7. The lowest BCUT2D eigenvalue weighted by Crippen LogP contribution is -2.37. The number of hydrogen-bond acceptors (Lipinski definition) is 15. The lowest BCUT2D eigenvalue weighted by atomic mass is 9.78. The van der Waals surface area contributed by atoms with Crippen LogP contribution in [-0.2, 0) is 88.2 Å². The van der Waals surface area contributed by atoms with Gasteiger partial charge in [-0.3, -0.25) is 19.2 Å². The van der Waals surface area contributed by atoms with Crippen molar-refractivity contribution in [1.82, 2.24) is 0 Å². The van der Waals surface area contributed by atoms with Crippen molar-refractivity contribution in [2.24, 2.45) is 5.41 Å². The van der Waals surface area contributed by atoms with Crippen molar-refractivity contribution in [1.29, 1.82) is 0 Å². The van der Waals surface area contributed by atoms with Gasteiger partial charge < -0.3 is 76.0 Å². The Morgan fingerprint density at radius 1 is 0.280 bits per heavy atom. The number of benzene rings is 4. The maximum Gasteiger partial charge on any atom is 0.324 e. The van der Waals surface area contributed by atoms with Crippen LogP contribution in [0.3, 0.4) is 0 Å². The maximum absolute atomic E-state index is 10.8. The van der Waals surface area contributed by atoms with Crippen molar-refractivity contribution in [3.8, 4) is 23.0 Å². The zero-order valence-corrected chi connectivity index (χ0v) is 61.3. The van der Waals surface area contributed by atoms with Gasteiger partial charge in [-0.2, -0.15) is 0 Å². The quantitative estimate of drug-likeness (QED) is 0.0463. The van der Waals surface area contributed by atoms with E-state index in [-0.39, 0.29) is 69.0 Å². The number of phenols is 4. The molecule has 4 aromatic rings. The number of hydrogen-bond donors (Lipinski definition) is 15. The molecule has 0 fully saturated rings. The first-order valence-corrected chi connectivity index (χ1v) is 32.5. The van der Waals surface area contributed by atoms with Crippen molar-refractivity contribution in [2.75, 3.05) is 26.4 Å². The second kappa shape index (κ2) is 36.3. The number of rotatable bonds is 16. The predicted octanol–water partition coefficient (Wildman–Crippen LogP) is 13.1. The molecule has 4 rings (SSSR count). The molecule has 0 bridgehead atoms. The van der Waals surface area contributed by atoms with Crippen LogP contribution >= 0.6 is 8.60 Å². The number of phenolic OH excluding ortho intramolecular Hbond substituents is 4. The van der Waals surface area contributed by atoms with Crippen LogP contribution in [-0.4, -0.2) is 126 Å². The lowest BCUT2D eigenvalue weighted by molar-refractivity contribution is -0.138. The van der Waals surface area contributed by atoms with Crippen molar-refractivity contribution in [3.05, 3.63) is 115 Å². The monoisotopic (exact) mass is 1330 g/mol. The van der Waals surface area contributed by atoms with E-state index in [4.69, 9.17) is 55.5 Å². The Morgan fingerprint density at radius 3 is 0.452 bits per heavy atom. The maximum atomic E-state index is 10.8. The van der Waals surface area contributed by atoms with Gasteiger partial charge in [-0.15, -0.1) is 0 Å². The summed E-state index contributed by atoms with van der Waals surface area (Å²) in [4.78, 5) is 64.7. The highest BCUT2D eigenvalue weighted by Gasteiger charge is 2.31. The minimum Gasteiger partial charge on any atom is -0.507 e. The molecule has 0 heterocycles. The van der Waals surface area contributed by atoms with E-state index in [0.29, 0.717) is 48.7 Å². The van der Waals surface area contributed by atoms with Crippen LogP contribution < -0.4 is 0 Å². The zero-order chi connectivity index (χ0) is 73.8. The van der Waals surface area contributed by atoms with E-state index in [2.05, 4.69) is 166 Å². The second-order valence-electron chi connectivity index (χ2n) is 32.1. The molecule has 0 radical (unpaired) electrons. The SMILES string of the molecule is CC(C)(C)c1cc(CCC(=O)O)cc(C(C)(C)C)c1O.CC(C)(C)c1cc(CCC(=O)O)cc(C(C)(C)C)c1O.CC(C)(C)c1cc(CCC(=O)O)cc(C(C)(C)C)c1O.CC(C)(C)c1cc(CCC(=O)O)cc(C(C)(C)C)c1O.OCC(CO)(CO)CO.OP(O)O. The molecular weight excluding hydrogens is 1210 g/mol. The van der Waals surface area contributed by atoms with Crippen molar-refractivity contribution in [2.45, 2.75) is 261 Å². The van der Waals surface area contributed by atoms with Gasteiger partial charge in [0.15, 0.2) is 0 Å². The first kappa shape index (κ1) is 89.2. The van der Waals surface area contributed by atoms with Crippen LogP contribution in [0.5, 0.6) is 23.0 Å². The number of aliphatic carboxylic acids is 4. The Balaban J connectivity index is 0. The number of aliphatic hydroxyl groups is 4. The molecule has 15 N–H and O–H groups in total. The van der Waals surface area contributed by atoms with Gasteiger partial charge in [-0.05, 0) is 136 Å². The normalized spacial score (nSPS) is 12.3. The van der Waals surface area contributed by atoms with Crippen LogP contribution in [0.15, 0.2) is 48.5 Å². The third-order valence-electron chi connectivity index (χ3n) is 15.0. The average molecular weight is 1330 g/mol. The van der Waals surface area contributed by atoms with E-state index in [1.54, 1.807) is 0 Å². The number of carbonyl (C=O) groups is 4. The van der Waals surface area contributed by atoms with Crippen LogP contribution in [0.4, 0.5) is 0 Å². The summed E-state index contributed by atoms with van der Waals surface area (Å²) in [6.07, 6.45) is 2.39. The zero-order valence-electron chi connectivity index (χ0n) is 60.4. The highest BCUT2D eigenvalue weighted by atomic mass is 31.2. The summed E-state index contributed by atoms with van der Waals surface area (Å²) < 4.78 is 0. The molecule has 0 amide bonds. The van der Waals surface area contributed by atoms with E-state index in [1.807, 2.05) is 48.5 Å². The summed E-state index contributed by atoms with van der Waals surface area (Å²) in [6.45, 7) is 47.6. The van der Waals surface area contributed by atoms with Gasteiger partial charge in [0.1, 0.15) is 23.0 Å². The van der Waals surface area contributed by atoms with Gasteiger partial charge in [0.25, 0.3) is 0 Å². The lowest BCUT2D eigenvalue weighted by Gasteiger charge is -2.28. The molecule has 20 heteroatoms. The van der Waals surface area contributed by atoms with Crippen LogP contribution in [0.2, 0.25) is 0 Å². The molecule has 0 aliphatic rings. The molecule has 0 aliphatic heterocycles. The highest BCUT2D eigenvalue weighted by molar-refractivity contribution is 7.38. The van der Waals surface area contributed by atoms with E-state index in [9.17, 15) is 39.6 Å². The van der Waals surface area contributed by atoms with Crippen LogP contribution in [0.25, 0.3) is 0 Å². The molecule has 0 unspecified atom stereocenters. The van der Waals surface area contributed by atoms with Gasteiger partial charge in [0.2, 0.25) is 0 Å². The van der Waals surface area contributed by atoms with Gasteiger partial charge in [0, 0.05) is 25.7 Å². The van der Waals surface area contributed by atoms with Gasteiger partial charge in [0.05, 0.1) is 31.8 Å². The summed E-state index contributed by atoms with van der Waals surface area (Å²) >= 11 is 0. The molecule has 0 spiro atoms. The molecule has 19 nitrogen and oxygen atoms in total. The summed E-state index contributed by atoms with van der Waals surface area (Å²) in [5.74, 6) is -1.85. The van der Waals surface area contributed by atoms with Crippen LogP contribution in [0, 0.1) is 5.41 Å². The van der Waals surface area contributed by atoms with Gasteiger partial charge in [-0.1, -0.05) is 215 Å². The van der Waals surface area contributed by atoms with E-state index in [1.165, 1.54) is 0 Å². The Kier molecular flexibility index (Phi) is 34.8. The molecule has 0 atom stereocenters. The molecule has 0 saturated carbocycles. The fourth-order valence-electron chi connectivity index (χ4n) is 9.23. The fourth-order valence-corrected chi connectivity index (χ4v) is 9.23. The summed E-state index contributed by atoms with van der Waals surface area (Å²) in [6, 6.07) is 15.5. The first-order chi connectivity index (χ1) is 41.7. The smallest absolute Gasteiger partial charge is 0.324 e. The van der Waals surface area contributed by atoms with Crippen LogP contribution in [0.1, 0.15) is 259 Å². The van der Waals surface area contributed by atoms with Gasteiger partial charge in [-0.25, -0.2) is 0 Å². The van der Waals surface area contributed by atoms with Crippen molar-refractivity contribution in [3.63, 3.8) is 0 Å². The topological polar surface area (TPSA) is 372 Å². The summed E-state index contributed by atoms with van der Waals surface area (Å²) in [5, 5.41) is 112. The number of carboxylic acid groups (broad SMARTS) is 4. The Morgan fingerprint density at radius 2 is 0.387 bits per heavy atom. The Hall–Kier alpha value is -5.89. The van der Waals surface area contributed by atoms with Crippen molar-refractivity contribution >= 4 is 32.5 Å². The molecular formula is C73H119O19P. The molecule has 530 valence electrons. The van der Waals surface area contributed by atoms with E-state index < -0.39 is 64.3 Å². The minimum atomic E-state index is -2.62. The predicted molar refractivity (Wildman–Crippen MR) is 370 cm³/mol. The average Bonchev–Trinajstić information content (AvgIpc) is 0.827. The number of aromatic hydroxyl groups is 4. The minimum absolute atomic E-state index is 0.109. The Labute approximate surface area is 556 Å². The standard InChI is InChI=1S/4C17H26O3.C5H12O4.H3O3P/c4*1-16(2,3)12-9-11(7-8-14(18)19)10-13(15(12)20)17(4,5)6;6-1-5(2-7,3-8)4-9;1-4(2)3/h4*9-10,20H,7-8H2,1-6H3,(H,18,19);6-9H,1-4H2;1-3H. The highest BCUT2D eigenvalue weighted by Crippen LogP contribution is 2.44. The Bertz CT molecular complexity index is 2480. The number of aliphatic hydroxyl groups excluding tert-OH is 4. The van der Waals surface area contributed by atoms with Gasteiger partial charge >= 0.3 is 32.5 Å². The van der Waals surface area contributed by atoms with E-state index in [0.717, 1.165) is 66.8 Å². The molecule has 0 aromatic heterocycles. The summed E-state index contributed by atoms with van der Waals surface area (Å²) in [5.41, 5.74) is 8.40.